The Balaban J connectivity index is 3.56. The SMILES string of the molecule is COc1cc(Cl)c(C(=O)CCN)c(C(C)C)c1OC. The third kappa shape index (κ3) is 3.19. The van der Waals surface area contributed by atoms with Crippen molar-refractivity contribution >= 4 is 17.4 Å². The number of nitrogens with two attached hydrogens (primary N) is 1. The highest BCUT2D eigenvalue weighted by atomic mass is 35.5. The Bertz CT molecular complexity index is 472. The Labute approximate surface area is 118 Å². The van der Waals surface area contributed by atoms with Gasteiger partial charge in [-0.3, -0.25) is 4.79 Å². The molecule has 0 aromatic heterocycles. The van der Waals surface area contributed by atoms with Crippen LogP contribution >= 0.6 is 11.6 Å². The van der Waals surface area contributed by atoms with Crippen LogP contribution in [0.15, 0.2) is 6.07 Å². The van der Waals surface area contributed by atoms with Crippen molar-refractivity contribution in [3.05, 3.63) is 22.2 Å². The number of halogens is 1. The first kappa shape index (κ1) is 15.8. The molecular weight excluding hydrogens is 266 g/mol. The highest BCUT2D eigenvalue weighted by molar-refractivity contribution is 6.34. The summed E-state index contributed by atoms with van der Waals surface area (Å²) < 4.78 is 10.6. The van der Waals surface area contributed by atoms with Gasteiger partial charge in [0.15, 0.2) is 17.3 Å². The van der Waals surface area contributed by atoms with Gasteiger partial charge < -0.3 is 15.2 Å². The van der Waals surface area contributed by atoms with Crippen LogP contribution < -0.4 is 15.2 Å². The van der Waals surface area contributed by atoms with Crippen LogP contribution in [-0.4, -0.2) is 26.5 Å². The molecule has 0 radical (unpaired) electrons. The van der Waals surface area contributed by atoms with Gasteiger partial charge in [0.2, 0.25) is 0 Å². The number of ketones is 1. The van der Waals surface area contributed by atoms with Crippen molar-refractivity contribution < 1.29 is 14.3 Å². The lowest BCUT2D eigenvalue weighted by Gasteiger charge is -2.20. The van der Waals surface area contributed by atoms with Crippen molar-refractivity contribution in [3.8, 4) is 11.5 Å². The molecule has 0 spiro atoms. The second kappa shape index (κ2) is 6.78. The summed E-state index contributed by atoms with van der Waals surface area (Å²) in [6, 6.07) is 1.61. The van der Waals surface area contributed by atoms with Gasteiger partial charge in [0.25, 0.3) is 0 Å². The number of benzene rings is 1. The van der Waals surface area contributed by atoms with E-state index in [1.807, 2.05) is 13.8 Å². The molecule has 0 atom stereocenters. The Morgan fingerprint density at radius 1 is 1.37 bits per heavy atom. The molecule has 0 saturated heterocycles. The molecule has 0 amide bonds. The monoisotopic (exact) mass is 285 g/mol. The fraction of sp³-hybridized carbons (Fsp3) is 0.500. The number of methoxy groups -OCH3 is 2. The maximum absolute atomic E-state index is 12.2. The summed E-state index contributed by atoms with van der Waals surface area (Å²) in [7, 11) is 3.09. The standard InChI is InChI=1S/C14H20ClNO3/c1-8(2)12-13(10(17)5-6-16)9(15)7-11(18-3)14(12)19-4/h7-8H,5-6,16H2,1-4H3. The number of Topliss-reactive ketones (excluding diaryl/α,β-unsaturated/α-hetero) is 1. The van der Waals surface area contributed by atoms with Crippen LogP contribution in [0.4, 0.5) is 0 Å². The van der Waals surface area contributed by atoms with E-state index in [4.69, 9.17) is 26.8 Å². The van der Waals surface area contributed by atoms with Gasteiger partial charge in [-0.05, 0) is 12.5 Å². The van der Waals surface area contributed by atoms with Gasteiger partial charge in [0, 0.05) is 23.6 Å². The molecule has 106 valence electrons. The predicted molar refractivity (Wildman–Crippen MR) is 76.6 cm³/mol. The first-order valence-corrected chi connectivity index (χ1v) is 6.53. The summed E-state index contributed by atoms with van der Waals surface area (Å²) in [5, 5.41) is 0.375. The summed E-state index contributed by atoms with van der Waals surface area (Å²) in [5.41, 5.74) is 6.70. The third-order valence-corrected chi connectivity index (χ3v) is 3.18. The maximum atomic E-state index is 12.2. The molecule has 1 aromatic rings. The van der Waals surface area contributed by atoms with Crippen LogP contribution in [0, 0.1) is 0 Å². The molecule has 1 rings (SSSR count). The van der Waals surface area contributed by atoms with Crippen molar-refractivity contribution in [2.45, 2.75) is 26.2 Å². The van der Waals surface area contributed by atoms with Gasteiger partial charge in [-0.2, -0.15) is 0 Å². The molecule has 2 N–H and O–H groups in total. The predicted octanol–water partition coefficient (Wildman–Crippen LogP) is 3.01. The first-order chi connectivity index (χ1) is 8.97. The number of hydrogen-bond donors (Lipinski definition) is 1. The van der Waals surface area contributed by atoms with Crippen molar-refractivity contribution in [2.75, 3.05) is 20.8 Å². The number of carbonyl (C=O) groups is 1. The average molecular weight is 286 g/mol. The molecule has 0 aliphatic rings. The van der Waals surface area contributed by atoms with Crippen LogP contribution in [0.3, 0.4) is 0 Å². The number of ether oxygens (including phenoxy) is 2. The van der Waals surface area contributed by atoms with Crippen LogP contribution in [0.1, 0.15) is 42.1 Å². The zero-order valence-corrected chi connectivity index (χ0v) is 12.5. The van der Waals surface area contributed by atoms with Gasteiger partial charge in [-0.15, -0.1) is 0 Å². The van der Waals surface area contributed by atoms with Crippen LogP contribution in [0.2, 0.25) is 5.02 Å². The van der Waals surface area contributed by atoms with Crippen molar-refractivity contribution in [1.82, 2.24) is 0 Å². The van der Waals surface area contributed by atoms with Gasteiger partial charge in [-0.25, -0.2) is 0 Å². The third-order valence-electron chi connectivity index (χ3n) is 2.89. The van der Waals surface area contributed by atoms with Crippen molar-refractivity contribution in [1.29, 1.82) is 0 Å². The Morgan fingerprint density at radius 3 is 2.42 bits per heavy atom. The minimum Gasteiger partial charge on any atom is -0.493 e. The van der Waals surface area contributed by atoms with E-state index in [1.165, 1.54) is 0 Å². The summed E-state index contributed by atoms with van der Waals surface area (Å²) in [4.78, 5) is 12.2. The van der Waals surface area contributed by atoms with Crippen LogP contribution in [0.25, 0.3) is 0 Å². The van der Waals surface area contributed by atoms with E-state index in [0.29, 0.717) is 28.6 Å². The average Bonchev–Trinajstić information content (AvgIpc) is 2.37. The fourth-order valence-corrected chi connectivity index (χ4v) is 2.39. The molecule has 4 nitrogen and oxygen atoms in total. The molecule has 1 aromatic carbocycles. The van der Waals surface area contributed by atoms with E-state index in [-0.39, 0.29) is 18.1 Å². The van der Waals surface area contributed by atoms with Crippen LogP contribution in [-0.2, 0) is 0 Å². The summed E-state index contributed by atoms with van der Waals surface area (Å²) in [6.45, 7) is 4.25. The summed E-state index contributed by atoms with van der Waals surface area (Å²) in [5.74, 6) is 1.10. The topological polar surface area (TPSA) is 61.5 Å². The molecule has 0 heterocycles. The lowest BCUT2D eigenvalue weighted by Crippen LogP contribution is -2.13. The summed E-state index contributed by atoms with van der Waals surface area (Å²) >= 11 is 6.22. The highest BCUT2D eigenvalue weighted by Crippen LogP contribution is 2.42. The minimum atomic E-state index is -0.0721. The van der Waals surface area contributed by atoms with E-state index in [0.717, 1.165) is 5.56 Å². The normalized spacial score (nSPS) is 10.7. The molecule has 0 aliphatic carbocycles. The molecule has 0 unspecified atom stereocenters. The first-order valence-electron chi connectivity index (χ1n) is 6.15. The molecule has 0 aliphatic heterocycles. The zero-order chi connectivity index (χ0) is 14.6. The second-order valence-corrected chi connectivity index (χ2v) is 4.91. The van der Waals surface area contributed by atoms with Gasteiger partial charge in [0.05, 0.1) is 19.2 Å². The lowest BCUT2D eigenvalue weighted by molar-refractivity contribution is 0.0984. The number of carbonyl (C=O) groups excluding carboxylic acids is 1. The van der Waals surface area contributed by atoms with Gasteiger partial charge >= 0.3 is 0 Å². The molecule has 0 fully saturated rings. The highest BCUT2D eigenvalue weighted by Gasteiger charge is 2.24. The van der Waals surface area contributed by atoms with Crippen molar-refractivity contribution in [3.63, 3.8) is 0 Å². The maximum Gasteiger partial charge on any atom is 0.166 e. The molecule has 0 bridgehead atoms. The zero-order valence-electron chi connectivity index (χ0n) is 11.7. The quantitative estimate of drug-likeness (QED) is 0.816. The second-order valence-electron chi connectivity index (χ2n) is 4.50. The van der Waals surface area contributed by atoms with E-state index in [1.54, 1.807) is 20.3 Å². The largest absolute Gasteiger partial charge is 0.493 e. The number of hydrogen-bond acceptors (Lipinski definition) is 4. The van der Waals surface area contributed by atoms with E-state index in [2.05, 4.69) is 0 Å². The van der Waals surface area contributed by atoms with E-state index >= 15 is 0 Å². The Morgan fingerprint density at radius 2 is 2.00 bits per heavy atom. The molecular formula is C14H20ClNO3. The Hall–Kier alpha value is -1.26. The molecule has 0 saturated carbocycles. The van der Waals surface area contributed by atoms with Crippen molar-refractivity contribution in [2.24, 2.45) is 5.73 Å². The molecule has 5 heteroatoms. The van der Waals surface area contributed by atoms with Gasteiger partial charge in [0.1, 0.15) is 0 Å². The number of rotatable bonds is 6. The summed E-state index contributed by atoms with van der Waals surface area (Å²) in [6.07, 6.45) is 0.259. The Kier molecular flexibility index (Phi) is 5.63. The van der Waals surface area contributed by atoms with Gasteiger partial charge in [-0.1, -0.05) is 25.4 Å². The lowest BCUT2D eigenvalue weighted by atomic mass is 9.92. The van der Waals surface area contributed by atoms with E-state index < -0.39 is 0 Å². The van der Waals surface area contributed by atoms with E-state index in [9.17, 15) is 4.79 Å². The molecule has 19 heavy (non-hydrogen) atoms. The smallest absolute Gasteiger partial charge is 0.166 e. The fourth-order valence-electron chi connectivity index (χ4n) is 2.08. The van der Waals surface area contributed by atoms with Crippen LogP contribution in [0.5, 0.6) is 11.5 Å². The minimum absolute atomic E-state index is 0.0721.